The van der Waals surface area contributed by atoms with Crippen molar-refractivity contribution in [1.29, 1.82) is 0 Å². The molecule has 86 valence electrons. The van der Waals surface area contributed by atoms with Gasteiger partial charge in [-0.2, -0.15) is 5.10 Å². The van der Waals surface area contributed by atoms with Gasteiger partial charge in [0.25, 0.3) is 0 Å². The summed E-state index contributed by atoms with van der Waals surface area (Å²) in [5, 5.41) is 6.85. The Hall–Kier alpha value is -1.96. The van der Waals surface area contributed by atoms with Crippen LogP contribution in [0.1, 0.15) is 18.3 Å². The van der Waals surface area contributed by atoms with Gasteiger partial charge in [0.05, 0.1) is 23.6 Å². The molecule has 0 saturated heterocycles. The number of nitrogens with zero attached hydrogens (tertiary/aromatic N) is 2. The molecule has 1 aromatic rings. The number of nitrogens with two attached hydrogens (primary N) is 1. The van der Waals surface area contributed by atoms with E-state index >= 15 is 0 Å². The summed E-state index contributed by atoms with van der Waals surface area (Å²) in [7, 11) is 0. The molecule has 0 radical (unpaired) electrons. The van der Waals surface area contributed by atoms with E-state index in [0.29, 0.717) is 12.2 Å². The number of hydrogen-bond donors (Lipinski definition) is 2. The molecule has 0 aliphatic rings. The van der Waals surface area contributed by atoms with Gasteiger partial charge in [0, 0.05) is 0 Å². The molecule has 0 aromatic carbocycles. The van der Waals surface area contributed by atoms with E-state index < -0.39 is 0 Å². The van der Waals surface area contributed by atoms with Crippen LogP contribution < -0.4 is 11.1 Å². The van der Waals surface area contributed by atoms with Crippen LogP contribution >= 0.6 is 0 Å². The van der Waals surface area contributed by atoms with Crippen LogP contribution in [0.4, 0.5) is 5.69 Å². The molecule has 0 spiro atoms. The fourth-order valence-electron chi connectivity index (χ4n) is 1.29. The van der Waals surface area contributed by atoms with Crippen molar-refractivity contribution in [3.8, 4) is 11.8 Å². The number of nitrogens with one attached hydrogen (secondary N) is 1. The Bertz CT molecular complexity index is 451. The minimum Gasteiger partial charge on any atom is -0.396 e. The minimum atomic E-state index is -0.117. The quantitative estimate of drug-likeness (QED) is 0.716. The highest BCUT2D eigenvalue weighted by molar-refractivity contribution is 5.76. The van der Waals surface area contributed by atoms with Gasteiger partial charge in [-0.05, 0) is 20.8 Å². The molecule has 0 aliphatic carbocycles. The number of aryl methyl sites for hydroxylation is 1. The molecular weight excluding hydrogens is 204 g/mol. The van der Waals surface area contributed by atoms with Gasteiger partial charge in [-0.15, -0.1) is 5.92 Å². The lowest BCUT2D eigenvalue weighted by Gasteiger charge is -2.04. The maximum atomic E-state index is 11.5. The van der Waals surface area contributed by atoms with Gasteiger partial charge in [-0.25, -0.2) is 0 Å². The minimum absolute atomic E-state index is 0.117. The maximum absolute atomic E-state index is 11.5. The smallest absolute Gasteiger partial charge is 0.242 e. The fourth-order valence-corrected chi connectivity index (χ4v) is 1.29. The van der Waals surface area contributed by atoms with Crippen molar-refractivity contribution >= 4 is 11.6 Å². The van der Waals surface area contributed by atoms with Gasteiger partial charge in [0.2, 0.25) is 5.91 Å². The SMILES string of the molecule is CC#CCNC(=O)Cn1nc(C)c(N)c1C. The zero-order valence-electron chi connectivity index (χ0n) is 9.79. The van der Waals surface area contributed by atoms with Crippen LogP contribution in [0.2, 0.25) is 0 Å². The molecule has 1 rings (SSSR count). The van der Waals surface area contributed by atoms with E-state index in [4.69, 9.17) is 5.73 Å². The number of rotatable bonds is 3. The summed E-state index contributed by atoms with van der Waals surface area (Å²) in [5.74, 6) is 5.35. The second-order valence-electron chi connectivity index (χ2n) is 3.45. The molecule has 5 heteroatoms. The van der Waals surface area contributed by atoms with Crippen molar-refractivity contribution in [1.82, 2.24) is 15.1 Å². The van der Waals surface area contributed by atoms with E-state index in [1.54, 1.807) is 11.6 Å². The van der Waals surface area contributed by atoms with Gasteiger partial charge in [-0.1, -0.05) is 5.92 Å². The molecule has 0 bridgehead atoms. The first-order chi connectivity index (χ1) is 7.56. The van der Waals surface area contributed by atoms with Crippen LogP contribution in [0.25, 0.3) is 0 Å². The lowest BCUT2D eigenvalue weighted by atomic mass is 10.3. The Morgan fingerprint density at radius 2 is 2.25 bits per heavy atom. The number of amides is 1. The number of anilines is 1. The zero-order chi connectivity index (χ0) is 12.1. The normalized spacial score (nSPS) is 9.44. The molecule has 5 nitrogen and oxygen atoms in total. The summed E-state index contributed by atoms with van der Waals surface area (Å²) >= 11 is 0. The molecule has 0 aliphatic heterocycles. The van der Waals surface area contributed by atoms with Crippen molar-refractivity contribution < 1.29 is 4.79 Å². The monoisotopic (exact) mass is 220 g/mol. The number of carbonyl (C=O) groups is 1. The van der Waals surface area contributed by atoms with Gasteiger partial charge in [0.15, 0.2) is 0 Å². The average molecular weight is 220 g/mol. The molecule has 0 fully saturated rings. The Morgan fingerprint density at radius 3 is 2.75 bits per heavy atom. The lowest BCUT2D eigenvalue weighted by molar-refractivity contribution is -0.121. The molecule has 1 heterocycles. The highest BCUT2D eigenvalue weighted by atomic mass is 16.2. The van der Waals surface area contributed by atoms with E-state index in [1.807, 2.05) is 13.8 Å². The number of hydrogen-bond acceptors (Lipinski definition) is 3. The number of carbonyl (C=O) groups excluding carboxylic acids is 1. The van der Waals surface area contributed by atoms with Crippen molar-refractivity contribution in [2.45, 2.75) is 27.3 Å². The van der Waals surface area contributed by atoms with Gasteiger partial charge in [0.1, 0.15) is 6.54 Å². The Balaban J connectivity index is 2.62. The van der Waals surface area contributed by atoms with E-state index in [0.717, 1.165) is 11.4 Å². The van der Waals surface area contributed by atoms with E-state index in [-0.39, 0.29) is 12.5 Å². The standard InChI is InChI=1S/C11H16N4O/c1-4-5-6-13-10(16)7-15-9(3)11(12)8(2)14-15/h6-7,12H2,1-3H3,(H,13,16). The second kappa shape index (κ2) is 5.21. The lowest BCUT2D eigenvalue weighted by Crippen LogP contribution is -2.28. The predicted molar refractivity (Wildman–Crippen MR) is 62.6 cm³/mol. The first-order valence-corrected chi connectivity index (χ1v) is 5.02. The first-order valence-electron chi connectivity index (χ1n) is 5.02. The molecular formula is C11H16N4O. The second-order valence-corrected chi connectivity index (χ2v) is 3.45. The van der Waals surface area contributed by atoms with Crippen LogP contribution in [0.3, 0.4) is 0 Å². The van der Waals surface area contributed by atoms with E-state index in [1.165, 1.54) is 0 Å². The molecule has 1 aromatic heterocycles. The molecule has 1 amide bonds. The van der Waals surface area contributed by atoms with Crippen molar-refractivity contribution in [3.05, 3.63) is 11.4 Å². The molecule has 0 atom stereocenters. The van der Waals surface area contributed by atoms with Gasteiger partial charge < -0.3 is 11.1 Å². The van der Waals surface area contributed by atoms with Crippen molar-refractivity contribution in [2.24, 2.45) is 0 Å². The predicted octanol–water partition coefficient (Wildman–Crippen LogP) is 0.222. The summed E-state index contributed by atoms with van der Waals surface area (Å²) in [5.41, 5.74) is 7.97. The van der Waals surface area contributed by atoms with Crippen LogP contribution in [-0.4, -0.2) is 22.2 Å². The largest absolute Gasteiger partial charge is 0.396 e. The van der Waals surface area contributed by atoms with Crippen LogP contribution in [-0.2, 0) is 11.3 Å². The topological polar surface area (TPSA) is 72.9 Å². The van der Waals surface area contributed by atoms with Gasteiger partial charge >= 0.3 is 0 Å². The summed E-state index contributed by atoms with van der Waals surface area (Å²) in [6.07, 6.45) is 0. The van der Waals surface area contributed by atoms with Crippen LogP contribution in [0.15, 0.2) is 0 Å². The summed E-state index contributed by atoms with van der Waals surface area (Å²) < 4.78 is 1.60. The van der Waals surface area contributed by atoms with E-state index in [9.17, 15) is 4.79 Å². The summed E-state index contributed by atoms with van der Waals surface area (Å²) in [4.78, 5) is 11.5. The zero-order valence-corrected chi connectivity index (χ0v) is 9.79. The van der Waals surface area contributed by atoms with Crippen LogP contribution in [0, 0.1) is 25.7 Å². The number of aromatic nitrogens is 2. The fraction of sp³-hybridized carbons (Fsp3) is 0.455. The summed E-state index contributed by atoms with van der Waals surface area (Å²) in [6.45, 7) is 5.93. The van der Waals surface area contributed by atoms with Crippen molar-refractivity contribution in [2.75, 3.05) is 12.3 Å². The third-order valence-electron chi connectivity index (χ3n) is 2.28. The Morgan fingerprint density at radius 1 is 1.56 bits per heavy atom. The molecule has 16 heavy (non-hydrogen) atoms. The Kier molecular flexibility index (Phi) is 3.95. The first kappa shape index (κ1) is 12.1. The highest BCUT2D eigenvalue weighted by Gasteiger charge is 2.10. The molecule has 3 N–H and O–H groups in total. The number of nitrogen functional groups attached to an aromatic ring is 1. The average Bonchev–Trinajstić information content (AvgIpc) is 2.47. The maximum Gasteiger partial charge on any atom is 0.242 e. The molecule has 0 saturated carbocycles. The third kappa shape index (κ3) is 2.76. The van der Waals surface area contributed by atoms with Crippen molar-refractivity contribution in [3.63, 3.8) is 0 Å². The van der Waals surface area contributed by atoms with E-state index in [2.05, 4.69) is 22.3 Å². The molecule has 0 unspecified atom stereocenters. The summed E-state index contributed by atoms with van der Waals surface area (Å²) in [6, 6.07) is 0. The van der Waals surface area contributed by atoms with Gasteiger partial charge in [-0.3, -0.25) is 9.48 Å². The Labute approximate surface area is 95.0 Å². The highest BCUT2D eigenvalue weighted by Crippen LogP contribution is 2.14. The third-order valence-corrected chi connectivity index (χ3v) is 2.28. The van der Waals surface area contributed by atoms with Crippen LogP contribution in [0.5, 0.6) is 0 Å².